The van der Waals surface area contributed by atoms with Crippen molar-refractivity contribution in [1.29, 1.82) is 0 Å². The monoisotopic (exact) mass is 303 g/mol. The van der Waals surface area contributed by atoms with Crippen molar-refractivity contribution in [3.8, 4) is 0 Å². The molecule has 1 aliphatic heterocycles. The lowest BCUT2D eigenvalue weighted by Gasteiger charge is -2.32. The molecule has 0 saturated carbocycles. The van der Waals surface area contributed by atoms with Crippen LogP contribution in [0.5, 0.6) is 0 Å². The Bertz CT molecular complexity index is 591. The van der Waals surface area contributed by atoms with E-state index in [1.54, 1.807) is 0 Å². The van der Waals surface area contributed by atoms with Crippen molar-refractivity contribution in [3.05, 3.63) is 35.9 Å². The molecular weight excluding hydrogens is 278 g/mol. The second-order valence-corrected chi connectivity index (χ2v) is 5.92. The highest BCUT2D eigenvalue weighted by molar-refractivity contribution is 5.08. The zero-order valence-corrected chi connectivity index (χ0v) is 13.4. The van der Waals surface area contributed by atoms with E-state index in [2.05, 4.69) is 28.5 Å². The van der Waals surface area contributed by atoms with Crippen LogP contribution in [0.4, 0.5) is 0 Å². The molecule has 2 aromatic rings. The molecule has 1 N–H and O–H groups in total. The molecule has 1 saturated heterocycles. The number of nitrogens with zero attached hydrogens (tertiary/aromatic N) is 4. The first kappa shape index (κ1) is 15.2. The molecule has 3 rings (SSSR count). The molecule has 120 valence electrons. The van der Waals surface area contributed by atoms with E-state index in [1.165, 1.54) is 17.7 Å². The summed E-state index contributed by atoms with van der Waals surface area (Å²) in [6, 6.07) is 2.09. The van der Waals surface area contributed by atoms with Gasteiger partial charge in [-0.2, -0.15) is 10.2 Å². The third kappa shape index (κ3) is 3.39. The van der Waals surface area contributed by atoms with Crippen molar-refractivity contribution in [3.63, 3.8) is 0 Å². The normalized spacial score (nSPS) is 22.1. The topological polar surface area (TPSA) is 56.9 Å². The van der Waals surface area contributed by atoms with Gasteiger partial charge in [0.05, 0.1) is 11.9 Å². The lowest BCUT2D eigenvalue weighted by atomic mass is 9.92. The second-order valence-electron chi connectivity index (χ2n) is 5.92. The smallest absolute Gasteiger partial charge is 0.103 e. The molecule has 0 amide bonds. The molecule has 0 radical (unpaired) electrons. The molecule has 6 nitrogen and oxygen atoms in total. The van der Waals surface area contributed by atoms with Crippen LogP contribution < -0.4 is 5.32 Å². The Balaban J connectivity index is 1.60. The van der Waals surface area contributed by atoms with E-state index in [0.717, 1.165) is 32.7 Å². The lowest BCUT2D eigenvalue weighted by molar-refractivity contribution is -0.0327. The van der Waals surface area contributed by atoms with Gasteiger partial charge in [0.2, 0.25) is 0 Å². The van der Waals surface area contributed by atoms with Crippen molar-refractivity contribution in [2.75, 3.05) is 13.2 Å². The van der Waals surface area contributed by atoms with Crippen molar-refractivity contribution in [1.82, 2.24) is 24.9 Å². The largest absolute Gasteiger partial charge is 0.372 e. The van der Waals surface area contributed by atoms with Crippen LogP contribution in [-0.2, 0) is 24.9 Å². The summed E-state index contributed by atoms with van der Waals surface area (Å²) in [5.74, 6) is 0.493. The van der Waals surface area contributed by atoms with Gasteiger partial charge in [0.1, 0.15) is 6.10 Å². The van der Waals surface area contributed by atoms with Crippen LogP contribution in [0.2, 0.25) is 0 Å². The van der Waals surface area contributed by atoms with E-state index in [-0.39, 0.29) is 6.10 Å². The van der Waals surface area contributed by atoms with Crippen molar-refractivity contribution < 1.29 is 4.74 Å². The van der Waals surface area contributed by atoms with Gasteiger partial charge >= 0.3 is 0 Å². The third-order valence-electron chi connectivity index (χ3n) is 4.28. The number of hydrogen-bond acceptors (Lipinski definition) is 4. The fourth-order valence-corrected chi connectivity index (χ4v) is 3.19. The first-order valence-electron chi connectivity index (χ1n) is 8.09. The number of aryl methyl sites for hydroxylation is 2. The number of ether oxygens (including phenoxy) is 1. The Labute approximate surface area is 131 Å². The molecule has 0 aliphatic carbocycles. The quantitative estimate of drug-likeness (QED) is 0.885. The van der Waals surface area contributed by atoms with Crippen LogP contribution >= 0.6 is 0 Å². The van der Waals surface area contributed by atoms with Crippen LogP contribution in [0.25, 0.3) is 0 Å². The Morgan fingerprint density at radius 1 is 1.41 bits per heavy atom. The highest BCUT2D eigenvalue weighted by Crippen LogP contribution is 2.33. The summed E-state index contributed by atoms with van der Waals surface area (Å²) in [6.45, 7) is 5.66. The van der Waals surface area contributed by atoms with Crippen LogP contribution in [-0.4, -0.2) is 32.7 Å². The molecule has 2 atom stereocenters. The van der Waals surface area contributed by atoms with Crippen LogP contribution in [0.3, 0.4) is 0 Å². The van der Waals surface area contributed by atoms with E-state index >= 15 is 0 Å². The molecule has 2 aromatic heterocycles. The molecule has 0 aromatic carbocycles. The fraction of sp³-hybridized carbons (Fsp3) is 0.625. The Hall–Kier alpha value is -1.66. The van der Waals surface area contributed by atoms with Gasteiger partial charge in [-0.05, 0) is 25.8 Å². The summed E-state index contributed by atoms with van der Waals surface area (Å²) >= 11 is 0. The number of rotatable bonds is 6. The van der Waals surface area contributed by atoms with Gasteiger partial charge < -0.3 is 10.1 Å². The first-order valence-corrected chi connectivity index (χ1v) is 8.09. The average molecular weight is 303 g/mol. The predicted octanol–water partition coefficient (Wildman–Crippen LogP) is 1.89. The molecule has 6 heteroatoms. The van der Waals surface area contributed by atoms with Gasteiger partial charge in [0.15, 0.2) is 0 Å². The molecule has 3 heterocycles. The van der Waals surface area contributed by atoms with Crippen LogP contribution in [0, 0.1) is 5.92 Å². The molecule has 22 heavy (non-hydrogen) atoms. The number of hydrogen-bond donors (Lipinski definition) is 1. The summed E-state index contributed by atoms with van der Waals surface area (Å²) in [6.07, 6.45) is 8.31. The number of aromatic nitrogens is 4. The minimum Gasteiger partial charge on any atom is -0.372 e. The molecule has 1 fully saturated rings. The highest BCUT2D eigenvalue weighted by atomic mass is 16.5. The Morgan fingerprint density at radius 2 is 2.32 bits per heavy atom. The first-order chi connectivity index (χ1) is 10.8. The van der Waals surface area contributed by atoms with Crippen molar-refractivity contribution in [2.24, 2.45) is 13.0 Å². The molecule has 0 unspecified atom stereocenters. The molecule has 0 spiro atoms. The van der Waals surface area contributed by atoms with Crippen molar-refractivity contribution in [2.45, 2.75) is 39.0 Å². The zero-order chi connectivity index (χ0) is 15.4. The van der Waals surface area contributed by atoms with Crippen molar-refractivity contribution >= 4 is 0 Å². The third-order valence-corrected chi connectivity index (χ3v) is 4.28. The van der Waals surface area contributed by atoms with E-state index in [0.29, 0.717) is 5.92 Å². The zero-order valence-electron chi connectivity index (χ0n) is 13.4. The standard InChI is InChI=1S/C16H25N5O/c1-3-21-15(6-7-18-21)16-14(5-4-8-22-16)11-17-9-13-10-19-20(2)12-13/h6-7,10,12,14,16-17H,3-5,8-9,11H2,1-2H3/t14-,16+/m0/s1. The summed E-state index contributed by atoms with van der Waals surface area (Å²) in [5, 5.41) is 12.1. The summed E-state index contributed by atoms with van der Waals surface area (Å²) in [5.41, 5.74) is 2.42. The van der Waals surface area contributed by atoms with Gasteiger partial charge in [0.25, 0.3) is 0 Å². The minimum atomic E-state index is 0.151. The Morgan fingerprint density at radius 3 is 3.09 bits per heavy atom. The van der Waals surface area contributed by atoms with E-state index in [9.17, 15) is 0 Å². The molecule has 1 aliphatic rings. The van der Waals surface area contributed by atoms with E-state index < -0.39 is 0 Å². The van der Waals surface area contributed by atoms with E-state index in [1.807, 2.05) is 35.0 Å². The van der Waals surface area contributed by atoms with E-state index in [4.69, 9.17) is 4.74 Å². The van der Waals surface area contributed by atoms with Crippen LogP contribution in [0.15, 0.2) is 24.7 Å². The maximum absolute atomic E-state index is 6.07. The maximum atomic E-state index is 6.07. The van der Waals surface area contributed by atoms with Gasteiger partial charge in [-0.25, -0.2) is 0 Å². The number of nitrogens with one attached hydrogen (secondary N) is 1. The highest BCUT2D eigenvalue weighted by Gasteiger charge is 2.29. The van der Waals surface area contributed by atoms with Gasteiger partial charge in [-0.15, -0.1) is 0 Å². The second kappa shape index (κ2) is 7.07. The summed E-state index contributed by atoms with van der Waals surface area (Å²) in [4.78, 5) is 0. The molecular formula is C16H25N5O. The maximum Gasteiger partial charge on any atom is 0.103 e. The average Bonchev–Trinajstić information content (AvgIpc) is 3.16. The molecule has 0 bridgehead atoms. The van der Waals surface area contributed by atoms with Gasteiger partial charge in [-0.3, -0.25) is 9.36 Å². The summed E-state index contributed by atoms with van der Waals surface area (Å²) < 4.78 is 9.95. The van der Waals surface area contributed by atoms with Gasteiger partial charge in [-0.1, -0.05) is 0 Å². The SMILES string of the molecule is CCn1nccc1[C@@H]1OCCC[C@H]1CNCc1cnn(C)c1. The Kier molecular flexibility index (Phi) is 4.90. The fourth-order valence-electron chi connectivity index (χ4n) is 3.19. The van der Waals surface area contributed by atoms with Gasteiger partial charge in [0, 0.05) is 57.2 Å². The summed E-state index contributed by atoms with van der Waals surface area (Å²) in [7, 11) is 1.94. The lowest BCUT2D eigenvalue weighted by Crippen LogP contribution is -2.32. The minimum absolute atomic E-state index is 0.151. The predicted molar refractivity (Wildman–Crippen MR) is 84.2 cm³/mol. The van der Waals surface area contributed by atoms with Crippen LogP contribution in [0.1, 0.15) is 37.1 Å².